The fourth-order valence-corrected chi connectivity index (χ4v) is 3.99. The van der Waals surface area contributed by atoms with E-state index in [0.29, 0.717) is 24.5 Å². The molecule has 0 radical (unpaired) electrons. The summed E-state index contributed by atoms with van der Waals surface area (Å²) in [5, 5.41) is 7.22. The minimum absolute atomic E-state index is 0.0960. The van der Waals surface area contributed by atoms with Gasteiger partial charge in [0.15, 0.2) is 11.5 Å². The number of rotatable bonds is 8. The molecule has 29 heavy (non-hydrogen) atoms. The number of benzene rings is 1. The molecule has 1 aliphatic rings. The van der Waals surface area contributed by atoms with Gasteiger partial charge >= 0.3 is 0 Å². The van der Waals surface area contributed by atoms with Crippen LogP contribution in [0.2, 0.25) is 0 Å². The van der Waals surface area contributed by atoms with Gasteiger partial charge in [0.1, 0.15) is 12.4 Å². The molecule has 0 aliphatic carbocycles. The summed E-state index contributed by atoms with van der Waals surface area (Å²) in [5.74, 6) is 3.89. The van der Waals surface area contributed by atoms with Crippen molar-refractivity contribution in [3.05, 3.63) is 46.2 Å². The van der Waals surface area contributed by atoms with Gasteiger partial charge in [0.05, 0.1) is 14.2 Å². The van der Waals surface area contributed by atoms with Crippen molar-refractivity contribution in [1.82, 2.24) is 15.1 Å². The molecule has 0 spiro atoms. The predicted molar refractivity (Wildman–Crippen MR) is 114 cm³/mol. The lowest BCUT2D eigenvalue weighted by atomic mass is 10.1. The number of hydrogen-bond donors (Lipinski definition) is 1. The van der Waals surface area contributed by atoms with Gasteiger partial charge in [-0.3, -0.25) is 9.59 Å². The average molecular weight is 419 g/mol. The molecular formula is C20H26N4O4S. The zero-order valence-corrected chi connectivity index (χ0v) is 17.5. The average Bonchev–Trinajstić information content (AvgIpc) is 2.75. The second-order valence-corrected chi connectivity index (χ2v) is 7.80. The Morgan fingerprint density at radius 3 is 2.62 bits per heavy atom. The molecule has 1 fully saturated rings. The van der Waals surface area contributed by atoms with Crippen molar-refractivity contribution in [1.29, 1.82) is 0 Å². The number of amides is 1. The maximum absolute atomic E-state index is 12.3. The minimum Gasteiger partial charge on any atom is -0.493 e. The molecule has 0 atom stereocenters. The van der Waals surface area contributed by atoms with E-state index in [1.165, 1.54) is 10.7 Å². The molecule has 1 amide bonds. The van der Waals surface area contributed by atoms with E-state index in [4.69, 9.17) is 9.47 Å². The van der Waals surface area contributed by atoms with Crippen molar-refractivity contribution in [3.63, 3.8) is 0 Å². The SMILES string of the molecule is COc1ccc(CCNC(=O)Cn2nc(N3CCSCC3)ccc2=O)cc1OC. The number of carbonyl (C=O) groups excluding carboxylic acids is 1. The molecule has 0 bridgehead atoms. The van der Waals surface area contributed by atoms with Crippen molar-refractivity contribution >= 4 is 23.5 Å². The minimum atomic E-state index is -0.282. The van der Waals surface area contributed by atoms with Crippen LogP contribution in [0.5, 0.6) is 11.5 Å². The molecule has 2 aromatic rings. The lowest BCUT2D eigenvalue weighted by Gasteiger charge is -2.27. The van der Waals surface area contributed by atoms with Crippen LogP contribution in [0.15, 0.2) is 35.1 Å². The van der Waals surface area contributed by atoms with Crippen molar-refractivity contribution in [3.8, 4) is 11.5 Å². The van der Waals surface area contributed by atoms with E-state index in [9.17, 15) is 9.59 Å². The van der Waals surface area contributed by atoms with E-state index in [1.807, 2.05) is 30.0 Å². The number of hydrogen-bond acceptors (Lipinski definition) is 7. The maximum atomic E-state index is 12.3. The summed E-state index contributed by atoms with van der Waals surface area (Å²) in [7, 11) is 3.18. The molecule has 1 N–H and O–H groups in total. The van der Waals surface area contributed by atoms with Gasteiger partial charge in [-0.15, -0.1) is 0 Å². The van der Waals surface area contributed by atoms with Crippen LogP contribution in [0.25, 0.3) is 0 Å². The van der Waals surface area contributed by atoms with Crippen LogP contribution >= 0.6 is 11.8 Å². The summed E-state index contributed by atoms with van der Waals surface area (Å²) in [6, 6.07) is 8.85. The molecule has 1 saturated heterocycles. The highest BCUT2D eigenvalue weighted by Gasteiger charge is 2.14. The highest BCUT2D eigenvalue weighted by molar-refractivity contribution is 7.99. The molecule has 3 rings (SSSR count). The molecular weight excluding hydrogens is 392 g/mol. The number of nitrogens with zero attached hydrogens (tertiary/aromatic N) is 3. The summed E-state index contributed by atoms with van der Waals surface area (Å²) >= 11 is 1.91. The Labute approximate surface area is 174 Å². The van der Waals surface area contributed by atoms with Crippen LogP contribution in [-0.2, 0) is 17.8 Å². The predicted octanol–water partition coefficient (Wildman–Crippen LogP) is 1.17. The zero-order valence-electron chi connectivity index (χ0n) is 16.7. The summed E-state index contributed by atoms with van der Waals surface area (Å²) < 4.78 is 11.7. The van der Waals surface area contributed by atoms with Gasteiger partial charge in [-0.1, -0.05) is 6.07 Å². The van der Waals surface area contributed by atoms with Crippen molar-refractivity contribution < 1.29 is 14.3 Å². The molecule has 0 unspecified atom stereocenters. The Hall–Kier alpha value is -2.68. The second-order valence-electron chi connectivity index (χ2n) is 6.58. The standard InChI is InChI=1S/C20H26N4O4S/c1-27-16-4-3-15(13-17(16)28-2)7-8-21-19(25)14-24-20(26)6-5-18(22-24)23-9-11-29-12-10-23/h3-6,13H,7-12,14H2,1-2H3,(H,21,25). The summed E-state index contributed by atoms with van der Waals surface area (Å²) in [6.07, 6.45) is 0.639. The van der Waals surface area contributed by atoms with Gasteiger partial charge in [-0.05, 0) is 30.2 Å². The number of aromatic nitrogens is 2. The summed E-state index contributed by atoms with van der Waals surface area (Å²) in [6.45, 7) is 2.15. The molecule has 0 saturated carbocycles. The van der Waals surface area contributed by atoms with Crippen LogP contribution in [0.1, 0.15) is 5.56 Å². The molecule has 8 nitrogen and oxygen atoms in total. The van der Waals surface area contributed by atoms with Crippen molar-refractivity contribution in [2.75, 3.05) is 50.3 Å². The van der Waals surface area contributed by atoms with Crippen LogP contribution in [0.3, 0.4) is 0 Å². The second kappa shape index (κ2) is 10.2. The highest BCUT2D eigenvalue weighted by Crippen LogP contribution is 2.27. The van der Waals surface area contributed by atoms with Gasteiger partial charge in [0, 0.05) is 37.2 Å². The first-order valence-corrected chi connectivity index (χ1v) is 10.6. The number of carbonyl (C=O) groups is 1. The summed E-state index contributed by atoms with van der Waals surface area (Å²) in [4.78, 5) is 26.5. The van der Waals surface area contributed by atoms with Gasteiger partial charge in [0.25, 0.3) is 5.56 Å². The Morgan fingerprint density at radius 2 is 1.90 bits per heavy atom. The Morgan fingerprint density at radius 1 is 1.14 bits per heavy atom. The number of ether oxygens (including phenoxy) is 2. The Kier molecular flexibility index (Phi) is 7.40. The van der Waals surface area contributed by atoms with E-state index in [0.717, 1.165) is 36.0 Å². The lowest BCUT2D eigenvalue weighted by molar-refractivity contribution is -0.121. The highest BCUT2D eigenvalue weighted by atomic mass is 32.2. The third-order valence-corrected chi connectivity index (χ3v) is 5.61. The van der Waals surface area contributed by atoms with Crippen LogP contribution in [0, 0.1) is 0 Å². The van der Waals surface area contributed by atoms with E-state index in [2.05, 4.69) is 15.3 Å². The molecule has 2 heterocycles. The summed E-state index contributed by atoms with van der Waals surface area (Å²) in [5.41, 5.74) is 0.735. The molecule has 9 heteroatoms. The lowest BCUT2D eigenvalue weighted by Crippen LogP contribution is -2.37. The van der Waals surface area contributed by atoms with Gasteiger partial charge in [0.2, 0.25) is 5.91 Å². The van der Waals surface area contributed by atoms with Crippen molar-refractivity contribution in [2.24, 2.45) is 0 Å². The zero-order chi connectivity index (χ0) is 20.6. The van der Waals surface area contributed by atoms with Crippen LogP contribution < -0.4 is 25.2 Å². The van der Waals surface area contributed by atoms with Crippen LogP contribution in [0.4, 0.5) is 5.82 Å². The third-order valence-electron chi connectivity index (χ3n) is 4.66. The van der Waals surface area contributed by atoms with E-state index < -0.39 is 0 Å². The van der Waals surface area contributed by atoms with E-state index in [-0.39, 0.29) is 18.0 Å². The monoisotopic (exact) mass is 418 g/mol. The first kappa shape index (κ1) is 21.0. The molecule has 1 aromatic heterocycles. The first-order chi connectivity index (χ1) is 14.1. The number of nitrogens with one attached hydrogen (secondary N) is 1. The molecule has 1 aromatic carbocycles. The van der Waals surface area contributed by atoms with Crippen molar-refractivity contribution in [2.45, 2.75) is 13.0 Å². The van der Waals surface area contributed by atoms with E-state index in [1.54, 1.807) is 20.3 Å². The quantitative estimate of drug-likeness (QED) is 0.689. The van der Waals surface area contributed by atoms with E-state index >= 15 is 0 Å². The van der Waals surface area contributed by atoms with Crippen LogP contribution in [-0.4, -0.2) is 61.0 Å². The Bertz CT molecular complexity index is 896. The van der Waals surface area contributed by atoms with Gasteiger partial charge in [-0.25, -0.2) is 4.68 Å². The largest absolute Gasteiger partial charge is 0.493 e. The van der Waals surface area contributed by atoms with Gasteiger partial charge in [-0.2, -0.15) is 16.9 Å². The number of methoxy groups -OCH3 is 2. The smallest absolute Gasteiger partial charge is 0.267 e. The van der Waals surface area contributed by atoms with Gasteiger partial charge < -0.3 is 19.7 Å². The third kappa shape index (κ3) is 5.66. The number of thioether (sulfide) groups is 1. The fraction of sp³-hybridized carbons (Fsp3) is 0.450. The maximum Gasteiger partial charge on any atom is 0.267 e. The fourth-order valence-electron chi connectivity index (χ4n) is 3.09. The normalized spacial score (nSPS) is 13.8. The molecule has 1 aliphatic heterocycles. The topological polar surface area (TPSA) is 85.7 Å². The number of anilines is 1. The molecule has 156 valence electrons. The Balaban J connectivity index is 1.55. The first-order valence-electron chi connectivity index (χ1n) is 9.49.